The van der Waals surface area contributed by atoms with E-state index in [-0.39, 0.29) is 0 Å². The Morgan fingerprint density at radius 1 is 1.40 bits per heavy atom. The van der Waals surface area contributed by atoms with Gasteiger partial charge in [-0.2, -0.15) is 0 Å². The van der Waals surface area contributed by atoms with Crippen LogP contribution in [0.3, 0.4) is 0 Å². The molecule has 3 rings (SSSR count). The Kier molecular flexibility index (Phi) is 2.38. The van der Waals surface area contributed by atoms with E-state index in [1.165, 1.54) is 27.6 Å². The van der Waals surface area contributed by atoms with Crippen molar-refractivity contribution in [2.45, 2.75) is 6.42 Å². The minimum atomic E-state index is 1.19. The number of rotatable bonds is 2. The van der Waals surface area contributed by atoms with Gasteiger partial charge in [-0.25, -0.2) is 4.98 Å². The standard InChI is InChI=1S/C11H10N2S2/c1-2-10(14-6-1)9-3-7-15-11(9)13-5-4-12-8-13/h2-5,7-8H,1,6H2. The molecule has 0 N–H and O–H groups in total. The van der Waals surface area contributed by atoms with Crippen LogP contribution in [0.5, 0.6) is 0 Å². The molecule has 1 aliphatic heterocycles. The Morgan fingerprint density at radius 2 is 2.40 bits per heavy atom. The van der Waals surface area contributed by atoms with Gasteiger partial charge in [0, 0.05) is 28.6 Å². The first-order chi connectivity index (χ1) is 7.45. The zero-order chi connectivity index (χ0) is 10.1. The summed E-state index contributed by atoms with van der Waals surface area (Å²) in [6, 6.07) is 2.20. The van der Waals surface area contributed by atoms with Gasteiger partial charge in [0.25, 0.3) is 0 Å². The van der Waals surface area contributed by atoms with Crippen molar-refractivity contribution in [3.63, 3.8) is 0 Å². The van der Waals surface area contributed by atoms with Crippen LogP contribution in [-0.2, 0) is 0 Å². The van der Waals surface area contributed by atoms with Crippen molar-refractivity contribution >= 4 is 28.0 Å². The first-order valence-corrected chi connectivity index (χ1v) is 6.71. The molecule has 4 heteroatoms. The molecule has 0 bridgehead atoms. The largest absolute Gasteiger partial charge is 0.297 e. The van der Waals surface area contributed by atoms with Crippen LogP contribution in [0.2, 0.25) is 0 Å². The first kappa shape index (κ1) is 9.24. The van der Waals surface area contributed by atoms with Gasteiger partial charge in [0.1, 0.15) is 5.00 Å². The van der Waals surface area contributed by atoms with Crippen molar-refractivity contribution < 1.29 is 0 Å². The molecule has 0 amide bonds. The van der Waals surface area contributed by atoms with Gasteiger partial charge in [-0.1, -0.05) is 6.08 Å². The molecule has 2 nitrogen and oxygen atoms in total. The van der Waals surface area contributed by atoms with Crippen molar-refractivity contribution in [1.82, 2.24) is 9.55 Å². The summed E-state index contributed by atoms with van der Waals surface area (Å²) in [6.07, 6.45) is 9.19. The summed E-state index contributed by atoms with van der Waals surface area (Å²) < 4.78 is 2.08. The molecule has 0 aliphatic carbocycles. The topological polar surface area (TPSA) is 17.8 Å². The molecule has 0 spiro atoms. The Balaban J connectivity index is 2.06. The van der Waals surface area contributed by atoms with Crippen LogP contribution in [0.15, 0.2) is 36.2 Å². The SMILES string of the molecule is C1=C(c2ccsc2-n2ccnc2)SCC1. The highest BCUT2D eigenvalue weighted by Crippen LogP contribution is 2.38. The monoisotopic (exact) mass is 234 g/mol. The number of hydrogen-bond acceptors (Lipinski definition) is 3. The van der Waals surface area contributed by atoms with Crippen molar-refractivity contribution in [2.24, 2.45) is 0 Å². The second kappa shape index (κ2) is 3.87. The van der Waals surface area contributed by atoms with Crippen molar-refractivity contribution in [1.29, 1.82) is 0 Å². The van der Waals surface area contributed by atoms with Crippen LogP contribution in [0.4, 0.5) is 0 Å². The maximum Gasteiger partial charge on any atom is 0.109 e. The maximum atomic E-state index is 4.09. The van der Waals surface area contributed by atoms with Gasteiger partial charge in [-0.3, -0.25) is 4.57 Å². The van der Waals surface area contributed by atoms with Crippen LogP contribution in [0.25, 0.3) is 9.91 Å². The first-order valence-electron chi connectivity index (χ1n) is 4.84. The predicted molar refractivity (Wildman–Crippen MR) is 66.5 cm³/mol. The van der Waals surface area contributed by atoms with E-state index in [1.54, 1.807) is 11.3 Å². The molecule has 0 aromatic carbocycles. The summed E-state index contributed by atoms with van der Waals surface area (Å²) in [7, 11) is 0. The van der Waals surface area contributed by atoms with Crippen LogP contribution < -0.4 is 0 Å². The van der Waals surface area contributed by atoms with E-state index in [4.69, 9.17) is 0 Å². The summed E-state index contributed by atoms with van der Waals surface area (Å²) >= 11 is 3.71. The average Bonchev–Trinajstić information content (AvgIpc) is 3.01. The molecule has 0 unspecified atom stereocenters. The predicted octanol–water partition coefficient (Wildman–Crippen LogP) is 3.41. The summed E-state index contributed by atoms with van der Waals surface area (Å²) in [5.41, 5.74) is 1.35. The number of imidazole rings is 1. The van der Waals surface area contributed by atoms with Gasteiger partial charge in [-0.05, 0) is 17.9 Å². The average molecular weight is 234 g/mol. The molecule has 0 radical (unpaired) electrons. The van der Waals surface area contributed by atoms with E-state index in [0.717, 1.165) is 0 Å². The molecule has 3 heterocycles. The highest BCUT2D eigenvalue weighted by atomic mass is 32.2. The van der Waals surface area contributed by atoms with E-state index >= 15 is 0 Å². The third-order valence-electron chi connectivity index (χ3n) is 2.35. The number of thiophene rings is 1. The second-order valence-corrected chi connectivity index (χ2v) is 5.35. The molecule has 1 aliphatic rings. The lowest BCUT2D eigenvalue weighted by molar-refractivity contribution is 1.08. The minimum Gasteiger partial charge on any atom is -0.297 e. The molecule has 76 valence electrons. The number of nitrogens with zero attached hydrogens (tertiary/aromatic N) is 2. The molecule has 2 aromatic heterocycles. The van der Waals surface area contributed by atoms with Gasteiger partial charge in [0.05, 0.1) is 6.33 Å². The molecule has 0 atom stereocenters. The van der Waals surface area contributed by atoms with Crippen LogP contribution in [0.1, 0.15) is 12.0 Å². The quantitative estimate of drug-likeness (QED) is 0.792. The fourth-order valence-electron chi connectivity index (χ4n) is 1.67. The van der Waals surface area contributed by atoms with Gasteiger partial charge >= 0.3 is 0 Å². The number of allylic oxidation sites excluding steroid dienone is 1. The molecular weight excluding hydrogens is 224 g/mol. The van der Waals surface area contributed by atoms with Crippen LogP contribution in [0, 0.1) is 0 Å². The van der Waals surface area contributed by atoms with Crippen LogP contribution >= 0.6 is 23.1 Å². The Morgan fingerprint density at radius 3 is 3.13 bits per heavy atom. The maximum absolute atomic E-state index is 4.09. The van der Waals surface area contributed by atoms with Gasteiger partial charge in [0.15, 0.2) is 0 Å². The second-order valence-electron chi connectivity index (χ2n) is 3.31. The zero-order valence-electron chi connectivity index (χ0n) is 8.09. The van der Waals surface area contributed by atoms with E-state index in [1.807, 2.05) is 30.5 Å². The highest BCUT2D eigenvalue weighted by Gasteiger charge is 2.13. The summed E-state index contributed by atoms with van der Waals surface area (Å²) in [4.78, 5) is 5.51. The molecule has 0 saturated carbocycles. The lowest BCUT2D eigenvalue weighted by Crippen LogP contribution is -1.89. The van der Waals surface area contributed by atoms with Gasteiger partial charge < -0.3 is 0 Å². The molecule has 0 saturated heterocycles. The smallest absolute Gasteiger partial charge is 0.109 e. The summed E-state index contributed by atoms with van der Waals surface area (Å²) in [5, 5.41) is 3.41. The van der Waals surface area contributed by atoms with Crippen molar-refractivity contribution in [3.8, 4) is 5.00 Å². The fraction of sp³-hybridized carbons (Fsp3) is 0.182. The zero-order valence-corrected chi connectivity index (χ0v) is 9.72. The Bertz CT molecular complexity index is 482. The van der Waals surface area contributed by atoms with E-state index in [0.29, 0.717) is 0 Å². The third kappa shape index (κ3) is 1.64. The summed E-state index contributed by atoms with van der Waals surface area (Å²) in [5.74, 6) is 1.22. The van der Waals surface area contributed by atoms with E-state index in [9.17, 15) is 0 Å². The summed E-state index contributed by atoms with van der Waals surface area (Å²) in [6.45, 7) is 0. The number of aromatic nitrogens is 2. The fourth-order valence-corrected chi connectivity index (χ4v) is 3.62. The third-order valence-corrected chi connectivity index (χ3v) is 4.42. The van der Waals surface area contributed by atoms with E-state index < -0.39 is 0 Å². The number of thioether (sulfide) groups is 1. The number of hydrogen-bond donors (Lipinski definition) is 0. The lowest BCUT2D eigenvalue weighted by atomic mass is 10.2. The molecule has 2 aromatic rings. The van der Waals surface area contributed by atoms with Crippen molar-refractivity contribution in [3.05, 3.63) is 41.8 Å². The molecular formula is C11H10N2S2. The lowest BCUT2D eigenvalue weighted by Gasteiger charge is -2.04. The van der Waals surface area contributed by atoms with Crippen molar-refractivity contribution in [2.75, 3.05) is 5.75 Å². The normalized spacial score (nSPS) is 15.6. The van der Waals surface area contributed by atoms with Gasteiger partial charge in [-0.15, -0.1) is 23.1 Å². The highest BCUT2D eigenvalue weighted by molar-refractivity contribution is 8.08. The van der Waals surface area contributed by atoms with E-state index in [2.05, 4.69) is 27.1 Å². The molecule has 0 fully saturated rings. The molecule has 15 heavy (non-hydrogen) atoms. The van der Waals surface area contributed by atoms with Crippen LogP contribution in [-0.4, -0.2) is 15.3 Å². The Hall–Kier alpha value is -1.00. The van der Waals surface area contributed by atoms with Gasteiger partial charge in [0.2, 0.25) is 0 Å². The minimum absolute atomic E-state index is 1.19. The Labute approximate surface area is 96.7 Å².